The summed E-state index contributed by atoms with van der Waals surface area (Å²) < 4.78 is 5.40. The van der Waals surface area contributed by atoms with Crippen molar-refractivity contribution >= 4 is 23.2 Å². The Kier molecular flexibility index (Phi) is 6.07. The first kappa shape index (κ1) is 23.4. The summed E-state index contributed by atoms with van der Waals surface area (Å²) in [6.07, 6.45) is 3.03. The van der Waals surface area contributed by atoms with E-state index in [-0.39, 0.29) is 5.75 Å². The molecule has 0 atom stereocenters. The van der Waals surface area contributed by atoms with Gasteiger partial charge in [0.05, 0.1) is 23.7 Å². The van der Waals surface area contributed by atoms with Crippen LogP contribution in [-0.2, 0) is 13.0 Å². The fourth-order valence-corrected chi connectivity index (χ4v) is 5.43. The maximum Gasteiger partial charge on any atom is 0.136 e. The fraction of sp³-hybridized carbons (Fsp3) is 0.121. The number of nitriles is 1. The molecule has 0 bridgehead atoms. The third kappa shape index (κ3) is 4.07. The summed E-state index contributed by atoms with van der Waals surface area (Å²) >= 11 is 0. The van der Waals surface area contributed by atoms with Crippen molar-refractivity contribution < 1.29 is 9.84 Å². The van der Waals surface area contributed by atoms with E-state index in [2.05, 4.69) is 65.6 Å². The lowest BCUT2D eigenvalue weighted by Crippen LogP contribution is -2.41. The number of aromatic hydroxyl groups is 1. The average Bonchev–Trinajstić information content (AvgIpc) is 2.97. The summed E-state index contributed by atoms with van der Waals surface area (Å²) in [4.78, 5) is 4.37. The molecule has 186 valence electrons. The maximum absolute atomic E-state index is 10.8. The van der Waals surface area contributed by atoms with Gasteiger partial charge in [0, 0.05) is 24.3 Å². The molecule has 0 spiro atoms. The Morgan fingerprint density at radius 3 is 2.42 bits per heavy atom. The van der Waals surface area contributed by atoms with Gasteiger partial charge in [-0.3, -0.25) is 4.90 Å². The predicted octanol–water partition coefficient (Wildman–Crippen LogP) is 4.76. The molecule has 0 radical (unpaired) electrons. The average molecular weight is 498 g/mol. The van der Waals surface area contributed by atoms with Crippen molar-refractivity contribution in [1.82, 2.24) is 4.90 Å². The molecule has 5 heteroatoms. The Hall–Kier alpha value is -4.95. The van der Waals surface area contributed by atoms with Crippen LogP contribution in [0.3, 0.4) is 0 Å². The number of methoxy groups -OCH3 is 1. The van der Waals surface area contributed by atoms with Gasteiger partial charge in [-0.05, 0) is 59.2 Å². The summed E-state index contributed by atoms with van der Waals surface area (Å²) in [6, 6.07) is 34.5. The molecule has 2 aliphatic heterocycles. The molecule has 0 aliphatic carbocycles. The van der Waals surface area contributed by atoms with Crippen LogP contribution in [0.25, 0.3) is 17.5 Å². The standard InChI is InChI=1S/C33H27N3O2/c1-38-27-16-14-26(15-17-27)36-29(20-25-11-7-13-31(37)32(25)30(36)21-34)33-28-12-6-5-10-24(28)18-19-35(33)22-23-8-3-2-4-9-23/h2-17,20,37H,18-19,22H2,1H3/b33-29+. The first-order chi connectivity index (χ1) is 18.7. The molecule has 4 aromatic rings. The predicted molar refractivity (Wildman–Crippen MR) is 150 cm³/mol. The van der Waals surface area contributed by atoms with Crippen LogP contribution in [-0.4, -0.2) is 23.7 Å². The minimum atomic E-state index is 0.0862. The number of phenolic OH excluding ortho intramolecular Hbond substituents is 1. The number of ether oxygens (including phenoxy) is 1. The molecule has 1 N–H and O–H groups in total. The summed E-state index contributed by atoms with van der Waals surface area (Å²) in [5.41, 5.74) is 6.82. The van der Waals surface area contributed by atoms with Gasteiger partial charge in [-0.2, -0.15) is 5.26 Å². The first-order valence-corrected chi connectivity index (χ1v) is 12.7. The van der Waals surface area contributed by atoms with Crippen molar-refractivity contribution in [1.29, 1.82) is 5.26 Å². The van der Waals surface area contributed by atoms with Gasteiger partial charge in [0.15, 0.2) is 0 Å². The summed E-state index contributed by atoms with van der Waals surface area (Å²) in [7, 11) is 1.64. The smallest absolute Gasteiger partial charge is 0.136 e. The highest BCUT2D eigenvalue weighted by Gasteiger charge is 2.30. The second-order valence-electron chi connectivity index (χ2n) is 9.43. The number of hydrogen-bond donors (Lipinski definition) is 1. The zero-order valence-corrected chi connectivity index (χ0v) is 21.1. The molecule has 5 nitrogen and oxygen atoms in total. The Balaban J connectivity index is 1.67. The number of anilines is 1. The Bertz CT molecular complexity index is 1700. The second-order valence-corrected chi connectivity index (χ2v) is 9.43. The number of benzene rings is 4. The Labute approximate surface area is 222 Å². The molecule has 4 aromatic carbocycles. The van der Waals surface area contributed by atoms with E-state index >= 15 is 0 Å². The van der Waals surface area contributed by atoms with Gasteiger partial charge in [0.2, 0.25) is 0 Å². The Morgan fingerprint density at radius 2 is 1.66 bits per heavy atom. The van der Waals surface area contributed by atoms with Gasteiger partial charge in [0.1, 0.15) is 23.3 Å². The fourth-order valence-electron chi connectivity index (χ4n) is 5.43. The van der Waals surface area contributed by atoms with Gasteiger partial charge < -0.3 is 14.7 Å². The number of phenols is 1. The highest BCUT2D eigenvalue weighted by Crippen LogP contribution is 2.38. The zero-order valence-electron chi connectivity index (χ0n) is 21.1. The van der Waals surface area contributed by atoms with Crippen molar-refractivity contribution in [2.45, 2.75) is 13.0 Å². The van der Waals surface area contributed by atoms with Crippen molar-refractivity contribution in [3.05, 3.63) is 130 Å². The number of hydrogen-bond acceptors (Lipinski definition) is 5. The lowest BCUT2D eigenvalue weighted by Gasteiger charge is -2.38. The highest BCUT2D eigenvalue weighted by molar-refractivity contribution is 5.93. The number of rotatable bonds is 4. The van der Waals surface area contributed by atoms with Crippen molar-refractivity contribution in [3.8, 4) is 17.6 Å². The molecule has 0 saturated heterocycles. The van der Waals surface area contributed by atoms with Gasteiger partial charge in [-0.15, -0.1) is 0 Å². The van der Waals surface area contributed by atoms with Gasteiger partial charge >= 0.3 is 0 Å². The van der Waals surface area contributed by atoms with E-state index in [1.165, 1.54) is 11.1 Å². The minimum absolute atomic E-state index is 0.0862. The largest absolute Gasteiger partial charge is 0.507 e. The molecular formula is C33H27N3O2. The summed E-state index contributed by atoms with van der Waals surface area (Å²) in [5.74, 6) is 0.822. The summed E-state index contributed by atoms with van der Waals surface area (Å²) in [5, 5.41) is 22.7. The molecule has 0 amide bonds. The van der Waals surface area contributed by atoms with Crippen molar-refractivity contribution in [2.24, 2.45) is 0 Å². The van der Waals surface area contributed by atoms with Crippen LogP contribution in [0.4, 0.5) is 5.69 Å². The molecule has 6 rings (SSSR count). The van der Waals surface area contributed by atoms with E-state index in [9.17, 15) is 10.4 Å². The molecular weight excluding hydrogens is 470 g/mol. The monoisotopic (exact) mass is 497 g/mol. The molecule has 0 unspecified atom stereocenters. The normalized spacial score (nSPS) is 16.3. The van der Waals surface area contributed by atoms with Crippen LogP contribution >= 0.6 is 0 Å². The Morgan fingerprint density at radius 1 is 0.895 bits per heavy atom. The van der Waals surface area contributed by atoms with E-state index in [1.807, 2.05) is 47.4 Å². The highest BCUT2D eigenvalue weighted by atomic mass is 16.5. The lowest BCUT2D eigenvalue weighted by molar-refractivity contribution is 0.382. The SMILES string of the molecule is COc1ccc(N2C(C#N)=c3c(O)cccc3=C/C2=C2/c3ccccc3CCN2Cc2ccccc2)cc1. The quantitative estimate of drug-likeness (QED) is 0.441. The van der Waals surface area contributed by atoms with Gasteiger partial charge in [0.25, 0.3) is 0 Å². The third-order valence-corrected chi connectivity index (χ3v) is 7.20. The summed E-state index contributed by atoms with van der Waals surface area (Å²) in [6.45, 7) is 1.59. The first-order valence-electron chi connectivity index (χ1n) is 12.7. The molecule has 38 heavy (non-hydrogen) atoms. The van der Waals surface area contributed by atoms with Crippen LogP contribution in [0.15, 0.2) is 103 Å². The zero-order chi connectivity index (χ0) is 26.1. The van der Waals surface area contributed by atoms with E-state index < -0.39 is 0 Å². The number of fused-ring (bicyclic) bond motifs is 2. The lowest BCUT2D eigenvalue weighted by atomic mass is 9.93. The van der Waals surface area contributed by atoms with Crippen LogP contribution in [0.2, 0.25) is 0 Å². The number of allylic oxidation sites excluding steroid dienone is 1. The minimum Gasteiger partial charge on any atom is -0.507 e. The van der Waals surface area contributed by atoms with E-state index in [0.29, 0.717) is 10.9 Å². The molecule has 0 saturated carbocycles. The van der Waals surface area contributed by atoms with Crippen molar-refractivity contribution in [2.75, 3.05) is 18.6 Å². The van der Waals surface area contributed by atoms with E-state index in [4.69, 9.17) is 4.74 Å². The van der Waals surface area contributed by atoms with Crippen LogP contribution in [0.1, 0.15) is 16.7 Å². The molecule has 2 heterocycles. The van der Waals surface area contributed by atoms with Gasteiger partial charge in [-0.1, -0.05) is 66.7 Å². The van der Waals surface area contributed by atoms with E-state index in [1.54, 1.807) is 13.2 Å². The second kappa shape index (κ2) is 9.84. The van der Waals surface area contributed by atoms with Crippen molar-refractivity contribution in [3.63, 3.8) is 0 Å². The van der Waals surface area contributed by atoms with Crippen LogP contribution < -0.4 is 20.1 Å². The number of nitrogens with zero attached hydrogens (tertiary/aromatic N) is 3. The maximum atomic E-state index is 10.8. The molecule has 0 aromatic heterocycles. The topological polar surface area (TPSA) is 59.7 Å². The van der Waals surface area contributed by atoms with E-state index in [0.717, 1.165) is 53.1 Å². The van der Waals surface area contributed by atoms with Crippen LogP contribution in [0, 0.1) is 11.3 Å². The molecule has 0 fully saturated rings. The van der Waals surface area contributed by atoms with Crippen LogP contribution in [0.5, 0.6) is 11.5 Å². The third-order valence-electron chi connectivity index (χ3n) is 7.20. The van der Waals surface area contributed by atoms with Gasteiger partial charge in [-0.25, -0.2) is 0 Å². The molecule has 2 aliphatic rings.